The molecule has 0 bridgehead atoms. The molecule has 55 heavy (non-hydrogen) atoms. The zero-order valence-electron chi connectivity index (χ0n) is 31.8. The zero-order chi connectivity index (χ0) is 39.2. The molecule has 2 amide bonds. The average molecular weight is 786 g/mol. The fraction of sp³-hybridized carbons (Fsp3) is 0.564. The maximum absolute atomic E-state index is 14.1. The molecule has 4 heterocycles. The molecule has 3 aromatic rings. The first-order valence-corrected chi connectivity index (χ1v) is 20.4. The number of anilines is 1. The number of rotatable bonds is 9. The number of carbonyl (C=O) groups excluding carboxylic acids is 2. The van der Waals surface area contributed by atoms with E-state index in [2.05, 4.69) is 27.6 Å². The van der Waals surface area contributed by atoms with Crippen molar-refractivity contribution in [3.8, 4) is 5.75 Å². The van der Waals surface area contributed by atoms with Gasteiger partial charge in [0.15, 0.2) is 0 Å². The summed E-state index contributed by atoms with van der Waals surface area (Å²) in [6.07, 6.45) is 0.359. The first-order chi connectivity index (χ1) is 26.2. The highest BCUT2D eigenvalue weighted by Crippen LogP contribution is 2.38. The van der Waals surface area contributed by atoms with E-state index in [-0.39, 0.29) is 55.4 Å². The fourth-order valence-corrected chi connectivity index (χ4v) is 9.60. The lowest BCUT2D eigenvalue weighted by atomic mass is 9.92. The van der Waals surface area contributed by atoms with Gasteiger partial charge >= 0.3 is 15.8 Å². The SMILES string of the molecule is COC[C@H]1CN(c2cc(C)c3c4c(c(=O)oc3c2C)CN(C(=O)c2ccc(C(=O)NS(=O)(=O)N3CCCC3)c(OC3CCC(F)(F)CC3)c2)CC4)CCN1C. The molecule has 1 saturated carbocycles. The highest BCUT2D eigenvalue weighted by Gasteiger charge is 2.37. The Morgan fingerprint density at radius 3 is 2.45 bits per heavy atom. The van der Waals surface area contributed by atoms with Crippen molar-refractivity contribution < 1.29 is 40.7 Å². The number of benzene rings is 2. The predicted octanol–water partition coefficient (Wildman–Crippen LogP) is 4.40. The Morgan fingerprint density at radius 1 is 1.02 bits per heavy atom. The quantitative estimate of drug-likeness (QED) is 0.311. The van der Waals surface area contributed by atoms with Crippen molar-refractivity contribution in [3.05, 3.63) is 68.1 Å². The van der Waals surface area contributed by atoms with Gasteiger partial charge in [-0.1, -0.05) is 0 Å². The van der Waals surface area contributed by atoms with E-state index in [0.29, 0.717) is 43.6 Å². The number of aryl methyl sites for hydroxylation is 2. The topological polar surface area (TPSA) is 142 Å². The van der Waals surface area contributed by atoms with Gasteiger partial charge in [-0.25, -0.2) is 18.3 Å². The summed E-state index contributed by atoms with van der Waals surface area (Å²) in [5.74, 6) is -4.28. The van der Waals surface area contributed by atoms with Crippen molar-refractivity contribution in [2.45, 2.75) is 83.4 Å². The summed E-state index contributed by atoms with van der Waals surface area (Å²) < 4.78 is 74.6. The van der Waals surface area contributed by atoms with Crippen LogP contribution in [0, 0.1) is 13.8 Å². The summed E-state index contributed by atoms with van der Waals surface area (Å²) in [7, 11) is -0.337. The summed E-state index contributed by atoms with van der Waals surface area (Å²) in [5.41, 5.74) is 4.14. The minimum atomic E-state index is -4.13. The number of ether oxygens (including phenoxy) is 2. The maximum Gasteiger partial charge on any atom is 0.341 e. The molecule has 1 aliphatic carbocycles. The fourth-order valence-electron chi connectivity index (χ4n) is 8.39. The number of hydrogen-bond acceptors (Lipinski definition) is 10. The molecule has 13 nitrogen and oxygen atoms in total. The minimum absolute atomic E-state index is 0.00590. The van der Waals surface area contributed by atoms with E-state index in [1.165, 1.54) is 27.4 Å². The van der Waals surface area contributed by atoms with E-state index < -0.39 is 52.5 Å². The van der Waals surface area contributed by atoms with Crippen LogP contribution in [0.3, 0.4) is 0 Å². The average Bonchev–Trinajstić information content (AvgIpc) is 3.71. The highest BCUT2D eigenvalue weighted by atomic mass is 32.2. The van der Waals surface area contributed by atoms with Crippen LogP contribution in [-0.4, -0.2) is 112 Å². The summed E-state index contributed by atoms with van der Waals surface area (Å²) in [6, 6.07) is 6.45. The Labute approximate surface area is 319 Å². The third kappa shape index (κ3) is 7.96. The first-order valence-electron chi connectivity index (χ1n) is 19.0. The number of halogens is 2. The van der Waals surface area contributed by atoms with E-state index in [4.69, 9.17) is 13.9 Å². The Hall–Kier alpha value is -4.12. The number of amides is 2. The van der Waals surface area contributed by atoms with Gasteiger partial charge in [0.25, 0.3) is 11.8 Å². The monoisotopic (exact) mass is 785 g/mol. The molecule has 1 N–H and O–H groups in total. The lowest BCUT2D eigenvalue weighted by Gasteiger charge is -2.41. The molecule has 2 saturated heterocycles. The van der Waals surface area contributed by atoms with Crippen LogP contribution in [0.4, 0.5) is 14.5 Å². The van der Waals surface area contributed by atoms with Crippen LogP contribution in [0.2, 0.25) is 0 Å². The van der Waals surface area contributed by atoms with E-state index in [1.807, 2.05) is 13.8 Å². The first kappa shape index (κ1) is 39.1. The lowest BCUT2D eigenvalue weighted by molar-refractivity contribution is -0.0583. The van der Waals surface area contributed by atoms with Gasteiger partial charge in [0, 0.05) is 81.4 Å². The van der Waals surface area contributed by atoms with Gasteiger partial charge in [0.2, 0.25) is 5.92 Å². The van der Waals surface area contributed by atoms with Crippen molar-refractivity contribution in [2.75, 3.05) is 64.9 Å². The number of methoxy groups -OCH3 is 1. The normalized spacial score (nSPS) is 21.2. The van der Waals surface area contributed by atoms with Gasteiger partial charge in [-0.2, -0.15) is 12.7 Å². The van der Waals surface area contributed by atoms with Crippen LogP contribution in [0.25, 0.3) is 11.0 Å². The molecule has 298 valence electrons. The number of piperazine rings is 1. The third-order valence-electron chi connectivity index (χ3n) is 11.6. The Kier molecular flexibility index (Phi) is 11.0. The number of hydrogen-bond donors (Lipinski definition) is 1. The van der Waals surface area contributed by atoms with E-state index in [1.54, 1.807) is 7.11 Å². The molecule has 3 aliphatic heterocycles. The second-order valence-corrected chi connectivity index (χ2v) is 17.0. The van der Waals surface area contributed by atoms with Crippen LogP contribution in [0.15, 0.2) is 33.5 Å². The minimum Gasteiger partial charge on any atom is -0.490 e. The summed E-state index contributed by atoms with van der Waals surface area (Å²) >= 11 is 0. The number of nitrogens with one attached hydrogen (secondary N) is 1. The Morgan fingerprint density at radius 2 is 1.75 bits per heavy atom. The number of likely N-dealkylation sites (N-methyl/N-ethyl adjacent to an activating group) is 1. The van der Waals surface area contributed by atoms with Gasteiger partial charge in [-0.15, -0.1) is 0 Å². The molecule has 7 rings (SSSR count). The number of nitrogens with zero attached hydrogens (tertiary/aromatic N) is 4. The van der Waals surface area contributed by atoms with Crippen LogP contribution in [0.1, 0.15) is 81.5 Å². The van der Waals surface area contributed by atoms with Crippen molar-refractivity contribution in [2.24, 2.45) is 0 Å². The van der Waals surface area contributed by atoms with Gasteiger partial charge < -0.3 is 23.7 Å². The molecular formula is C39H49F2N5O8S. The van der Waals surface area contributed by atoms with Crippen LogP contribution >= 0.6 is 0 Å². The van der Waals surface area contributed by atoms with Gasteiger partial charge in [-0.05, 0) is 88.4 Å². The summed E-state index contributed by atoms with van der Waals surface area (Å²) in [4.78, 5) is 47.2. The lowest BCUT2D eigenvalue weighted by Crippen LogP contribution is -2.53. The van der Waals surface area contributed by atoms with Crippen molar-refractivity contribution in [1.82, 2.24) is 18.8 Å². The smallest absolute Gasteiger partial charge is 0.341 e. The molecule has 0 unspecified atom stereocenters. The number of alkyl halides is 2. The summed E-state index contributed by atoms with van der Waals surface area (Å²) in [5, 5.41) is 0.874. The van der Waals surface area contributed by atoms with Gasteiger partial charge in [0.1, 0.15) is 11.3 Å². The maximum atomic E-state index is 14.1. The van der Waals surface area contributed by atoms with E-state index in [0.717, 1.165) is 47.4 Å². The molecular weight excluding hydrogens is 737 g/mol. The molecule has 4 aliphatic rings. The molecule has 2 aromatic carbocycles. The van der Waals surface area contributed by atoms with Gasteiger partial charge in [-0.3, -0.25) is 14.5 Å². The molecule has 0 radical (unpaired) electrons. The Balaban J connectivity index is 1.15. The standard InChI is InChI=1S/C39H49F2N5O8S/c1-24-19-32(44-18-17-43(3)27(21-44)23-52-4)25(2)35-34(24)29-11-16-45(22-31(29)38(49)54-35)37(48)26-7-8-30(36(47)42-55(50,51)46-14-5-6-15-46)33(20-26)53-28-9-12-39(40,41)13-10-28/h7-8,19-20,27-28H,5-6,9-18,21-23H2,1-4H3,(H,42,47)/t27-/m1/s1. The molecule has 1 aromatic heterocycles. The summed E-state index contributed by atoms with van der Waals surface area (Å²) in [6.45, 7) is 7.91. The van der Waals surface area contributed by atoms with Crippen LogP contribution in [-0.2, 0) is 27.9 Å². The second-order valence-electron chi connectivity index (χ2n) is 15.3. The predicted molar refractivity (Wildman–Crippen MR) is 202 cm³/mol. The third-order valence-corrected chi connectivity index (χ3v) is 13.1. The van der Waals surface area contributed by atoms with Crippen molar-refractivity contribution in [3.63, 3.8) is 0 Å². The Bertz CT molecular complexity index is 2150. The van der Waals surface area contributed by atoms with E-state index in [9.17, 15) is 31.6 Å². The van der Waals surface area contributed by atoms with E-state index >= 15 is 0 Å². The van der Waals surface area contributed by atoms with Crippen molar-refractivity contribution in [1.29, 1.82) is 0 Å². The number of carbonyl (C=O) groups is 2. The van der Waals surface area contributed by atoms with Crippen LogP contribution < -0.4 is 20.0 Å². The molecule has 0 spiro atoms. The highest BCUT2D eigenvalue weighted by molar-refractivity contribution is 7.87. The van der Waals surface area contributed by atoms with Crippen molar-refractivity contribution >= 4 is 38.7 Å². The number of fused-ring (bicyclic) bond motifs is 3. The largest absolute Gasteiger partial charge is 0.490 e. The van der Waals surface area contributed by atoms with Gasteiger partial charge in [0.05, 0.1) is 36.4 Å². The molecule has 3 fully saturated rings. The molecule has 16 heteroatoms. The second kappa shape index (κ2) is 15.4. The van der Waals surface area contributed by atoms with Crippen LogP contribution in [0.5, 0.6) is 5.75 Å². The molecule has 1 atom stereocenters. The zero-order valence-corrected chi connectivity index (χ0v) is 32.6.